The highest BCUT2D eigenvalue weighted by Gasteiger charge is 2.35. The van der Waals surface area contributed by atoms with Gasteiger partial charge in [-0.2, -0.15) is 13.2 Å². The van der Waals surface area contributed by atoms with Crippen LogP contribution in [0, 0.1) is 0 Å². The Bertz CT molecular complexity index is 1160. The first-order chi connectivity index (χ1) is 15.7. The number of hydrogen-bond donors (Lipinski definition) is 3. The van der Waals surface area contributed by atoms with Gasteiger partial charge in [0.05, 0.1) is 23.1 Å². The Morgan fingerprint density at radius 1 is 1.09 bits per heavy atom. The predicted molar refractivity (Wildman–Crippen MR) is 121 cm³/mol. The fourth-order valence-corrected chi connectivity index (χ4v) is 3.66. The maximum atomic E-state index is 13.4. The van der Waals surface area contributed by atoms with Crippen LogP contribution in [0.3, 0.4) is 0 Å². The lowest BCUT2D eigenvalue weighted by molar-refractivity contribution is -0.137. The molecule has 1 saturated heterocycles. The Balaban J connectivity index is 1.64. The number of anilines is 3. The number of nitrogens with zero attached hydrogens (tertiary/aromatic N) is 5. The second-order valence-electron chi connectivity index (χ2n) is 7.69. The molecule has 0 saturated carbocycles. The SMILES string of the molecule is C=C(Nc1ncccc1N1CCC(N)CC1)c1nc(-c2ncccc2C(F)(F)F)cnc1N. The maximum Gasteiger partial charge on any atom is 0.418 e. The fraction of sp³-hybridized carbons (Fsp3) is 0.273. The van der Waals surface area contributed by atoms with E-state index in [0.29, 0.717) is 5.82 Å². The number of nitrogens with two attached hydrogens (primary N) is 2. The average molecular weight is 456 g/mol. The van der Waals surface area contributed by atoms with Crippen molar-refractivity contribution in [3.05, 3.63) is 60.7 Å². The minimum Gasteiger partial charge on any atom is -0.382 e. The molecule has 0 bridgehead atoms. The second kappa shape index (κ2) is 9.02. The van der Waals surface area contributed by atoms with Crippen molar-refractivity contribution in [2.45, 2.75) is 25.1 Å². The number of aromatic nitrogens is 4. The first kappa shape index (κ1) is 22.5. The molecule has 1 fully saturated rings. The van der Waals surface area contributed by atoms with Crippen molar-refractivity contribution in [1.82, 2.24) is 19.9 Å². The number of halogens is 3. The van der Waals surface area contributed by atoms with Gasteiger partial charge in [-0.05, 0) is 37.1 Å². The van der Waals surface area contributed by atoms with Crippen LogP contribution in [0.5, 0.6) is 0 Å². The number of rotatable bonds is 5. The molecule has 4 rings (SSSR count). The van der Waals surface area contributed by atoms with E-state index in [2.05, 4.69) is 36.7 Å². The molecule has 172 valence electrons. The lowest BCUT2D eigenvalue weighted by atomic mass is 10.1. The van der Waals surface area contributed by atoms with Gasteiger partial charge in [-0.3, -0.25) is 4.98 Å². The number of nitrogen functional groups attached to an aromatic ring is 1. The van der Waals surface area contributed by atoms with Crippen LogP contribution < -0.4 is 21.7 Å². The Kier molecular flexibility index (Phi) is 6.14. The smallest absolute Gasteiger partial charge is 0.382 e. The van der Waals surface area contributed by atoms with Crippen molar-refractivity contribution in [3.8, 4) is 11.4 Å². The van der Waals surface area contributed by atoms with Crippen LogP contribution in [-0.4, -0.2) is 39.1 Å². The highest BCUT2D eigenvalue weighted by atomic mass is 19.4. The molecule has 4 heterocycles. The molecule has 8 nitrogen and oxygen atoms in total. The van der Waals surface area contributed by atoms with Gasteiger partial charge in [-0.15, -0.1) is 0 Å². The summed E-state index contributed by atoms with van der Waals surface area (Å²) in [6.07, 6.45) is 1.18. The van der Waals surface area contributed by atoms with E-state index >= 15 is 0 Å². The van der Waals surface area contributed by atoms with E-state index in [4.69, 9.17) is 11.5 Å². The minimum absolute atomic E-state index is 0.0159. The topological polar surface area (TPSA) is 119 Å². The minimum atomic E-state index is -4.60. The Morgan fingerprint density at radius 2 is 1.79 bits per heavy atom. The van der Waals surface area contributed by atoms with E-state index in [1.54, 1.807) is 6.20 Å². The Morgan fingerprint density at radius 3 is 2.52 bits per heavy atom. The van der Waals surface area contributed by atoms with Gasteiger partial charge in [0, 0.05) is 31.5 Å². The first-order valence-corrected chi connectivity index (χ1v) is 10.3. The Labute approximate surface area is 188 Å². The molecule has 0 aromatic carbocycles. The molecule has 3 aromatic rings. The predicted octanol–water partition coefficient (Wildman–Crippen LogP) is 3.54. The second-order valence-corrected chi connectivity index (χ2v) is 7.69. The lowest BCUT2D eigenvalue weighted by Gasteiger charge is -2.33. The van der Waals surface area contributed by atoms with E-state index in [0.717, 1.165) is 43.9 Å². The zero-order valence-corrected chi connectivity index (χ0v) is 17.7. The van der Waals surface area contributed by atoms with Crippen LogP contribution in [0.1, 0.15) is 24.1 Å². The van der Waals surface area contributed by atoms with Crippen molar-refractivity contribution < 1.29 is 13.2 Å². The molecule has 1 aliphatic rings. The number of nitrogens with one attached hydrogen (secondary N) is 1. The van der Waals surface area contributed by atoms with Gasteiger partial charge in [-0.1, -0.05) is 6.58 Å². The van der Waals surface area contributed by atoms with Gasteiger partial charge in [0.15, 0.2) is 11.6 Å². The molecule has 0 unspecified atom stereocenters. The Hall–Kier alpha value is -3.73. The van der Waals surface area contributed by atoms with Crippen molar-refractivity contribution in [2.24, 2.45) is 5.73 Å². The summed E-state index contributed by atoms with van der Waals surface area (Å²) < 4.78 is 40.3. The summed E-state index contributed by atoms with van der Waals surface area (Å²) in [6, 6.07) is 6.09. The van der Waals surface area contributed by atoms with Gasteiger partial charge in [0.2, 0.25) is 0 Å². The zero-order chi connectivity index (χ0) is 23.6. The molecule has 0 amide bonds. The molecular weight excluding hydrogens is 433 g/mol. The van der Waals surface area contributed by atoms with Gasteiger partial charge in [0.25, 0.3) is 0 Å². The molecule has 0 spiro atoms. The summed E-state index contributed by atoms with van der Waals surface area (Å²) in [7, 11) is 0. The van der Waals surface area contributed by atoms with Crippen LogP contribution in [0.2, 0.25) is 0 Å². The van der Waals surface area contributed by atoms with E-state index in [9.17, 15) is 13.2 Å². The summed E-state index contributed by atoms with van der Waals surface area (Å²) in [5, 5.41) is 3.10. The largest absolute Gasteiger partial charge is 0.418 e. The van der Waals surface area contributed by atoms with Crippen LogP contribution in [0.4, 0.5) is 30.5 Å². The van der Waals surface area contributed by atoms with Crippen LogP contribution in [0.25, 0.3) is 17.1 Å². The quantitative estimate of drug-likeness (QED) is 0.533. The van der Waals surface area contributed by atoms with Crippen LogP contribution in [-0.2, 0) is 6.18 Å². The van der Waals surface area contributed by atoms with Gasteiger partial charge < -0.3 is 21.7 Å². The number of piperidine rings is 1. The fourth-order valence-electron chi connectivity index (χ4n) is 3.66. The molecular formula is C22H23F3N8. The molecule has 1 aliphatic heterocycles. The number of hydrogen-bond acceptors (Lipinski definition) is 8. The van der Waals surface area contributed by atoms with E-state index in [-0.39, 0.29) is 34.6 Å². The number of pyridine rings is 2. The van der Waals surface area contributed by atoms with Gasteiger partial charge in [-0.25, -0.2) is 15.0 Å². The van der Waals surface area contributed by atoms with E-state index in [1.165, 1.54) is 12.3 Å². The lowest BCUT2D eigenvalue weighted by Crippen LogP contribution is -2.40. The average Bonchev–Trinajstić information content (AvgIpc) is 2.80. The molecule has 0 aliphatic carbocycles. The maximum absolute atomic E-state index is 13.4. The third-order valence-corrected chi connectivity index (χ3v) is 5.38. The molecule has 11 heteroatoms. The van der Waals surface area contributed by atoms with Crippen molar-refractivity contribution in [3.63, 3.8) is 0 Å². The third kappa shape index (κ3) is 4.87. The summed E-state index contributed by atoms with van der Waals surface area (Å²) >= 11 is 0. The van der Waals surface area contributed by atoms with Crippen LogP contribution >= 0.6 is 0 Å². The summed E-state index contributed by atoms with van der Waals surface area (Å²) in [6.45, 7) is 5.54. The first-order valence-electron chi connectivity index (χ1n) is 10.3. The van der Waals surface area contributed by atoms with Gasteiger partial charge in [0.1, 0.15) is 17.1 Å². The number of alkyl halides is 3. The summed E-state index contributed by atoms with van der Waals surface area (Å²) in [4.78, 5) is 18.8. The van der Waals surface area contributed by atoms with Crippen molar-refractivity contribution in [2.75, 3.05) is 29.0 Å². The highest BCUT2D eigenvalue weighted by molar-refractivity contribution is 5.82. The molecule has 5 N–H and O–H groups in total. The highest BCUT2D eigenvalue weighted by Crippen LogP contribution is 2.36. The monoisotopic (exact) mass is 456 g/mol. The van der Waals surface area contributed by atoms with Crippen molar-refractivity contribution in [1.29, 1.82) is 0 Å². The molecule has 0 radical (unpaired) electrons. The summed E-state index contributed by atoms with van der Waals surface area (Å²) in [5.41, 5.74) is 11.9. The van der Waals surface area contributed by atoms with Gasteiger partial charge >= 0.3 is 6.18 Å². The zero-order valence-electron chi connectivity index (χ0n) is 17.7. The van der Waals surface area contributed by atoms with Crippen molar-refractivity contribution >= 4 is 23.0 Å². The molecule has 3 aromatic heterocycles. The summed E-state index contributed by atoms with van der Waals surface area (Å²) in [5.74, 6) is 0.542. The van der Waals surface area contributed by atoms with E-state index in [1.807, 2.05) is 12.1 Å². The standard InChI is InChI=1S/C22H23F3N8/c1-13(31-21-17(5-3-9-29-21)33-10-6-14(26)7-11-33)18-20(27)30-12-16(32-18)19-15(22(23,24)25)4-2-8-28-19/h2-5,8-9,12,14H,1,6-7,10-11,26H2,(H2,27,30)(H,29,31). The van der Waals surface area contributed by atoms with Crippen LogP contribution in [0.15, 0.2) is 49.4 Å². The van der Waals surface area contributed by atoms with E-state index < -0.39 is 11.7 Å². The normalized spacial score (nSPS) is 14.8. The third-order valence-electron chi connectivity index (χ3n) is 5.38. The molecule has 33 heavy (non-hydrogen) atoms. The molecule has 0 atom stereocenters.